The van der Waals surface area contributed by atoms with Crippen LogP contribution in [0.4, 0.5) is 4.79 Å². The third kappa shape index (κ3) is 7.17. The zero-order valence-electron chi connectivity index (χ0n) is 20.3. The summed E-state index contributed by atoms with van der Waals surface area (Å²) in [7, 11) is 3.14. The summed E-state index contributed by atoms with van der Waals surface area (Å²) in [6, 6.07) is 3.89. The van der Waals surface area contributed by atoms with E-state index in [2.05, 4.69) is 5.32 Å². The number of rotatable bonds is 11. The van der Waals surface area contributed by atoms with Gasteiger partial charge in [-0.3, -0.25) is 14.9 Å². The van der Waals surface area contributed by atoms with Crippen LogP contribution in [0.2, 0.25) is 0 Å². The Bertz CT molecular complexity index is 867. The summed E-state index contributed by atoms with van der Waals surface area (Å²) in [5.74, 6) is 1.50. The summed E-state index contributed by atoms with van der Waals surface area (Å²) in [6.07, 6.45) is -0.628. The van der Waals surface area contributed by atoms with Crippen LogP contribution in [0.25, 0.3) is 0 Å². The van der Waals surface area contributed by atoms with Crippen LogP contribution < -0.4 is 14.8 Å². The highest BCUT2D eigenvalue weighted by atomic mass is 32.2. The second-order valence-corrected chi connectivity index (χ2v) is 9.10. The molecular weight excluding hydrogens is 464 g/mol. The quantitative estimate of drug-likeness (QED) is 0.440. The zero-order chi connectivity index (χ0) is 25.3. The van der Waals surface area contributed by atoms with Crippen molar-refractivity contribution in [3.63, 3.8) is 0 Å². The van der Waals surface area contributed by atoms with Crippen molar-refractivity contribution in [3.05, 3.63) is 23.8 Å². The van der Waals surface area contributed by atoms with E-state index in [4.69, 9.17) is 24.1 Å². The number of hydrogen-bond acceptors (Lipinski definition) is 9. The van der Waals surface area contributed by atoms with E-state index < -0.39 is 29.9 Å². The van der Waals surface area contributed by atoms with E-state index in [1.54, 1.807) is 47.1 Å². The topological polar surface area (TPSA) is 124 Å². The highest BCUT2D eigenvalue weighted by Crippen LogP contribution is 2.29. The Labute approximate surface area is 204 Å². The molecule has 3 atom stereocenters. The van der Waals surface area contributed by atoms with Gasteiger partial charge >= 0.3 is 12.1 Å². The van der Waals surface area contributed by atoms with Crippen LogP contribution in [0.15, 0.2) is 18.2 Å². The van der Waals surface area contributed by atoms with E-state index >= 15 is 0 Å². The van der Waals surface area contributed by atoms with Crippen LogP contribution in [-0.4, -0.2) is 84.7 Å². The molecule has 1 amide bonds. The molecule has 0 bridgehead atoms. The molecule has 2 unspecified atom stereocenters. The largest absolute Gasteiger partial charge is 0.507 e. The van der Waals surface area contributed by atoms with Crippen LogP contribution >= 0.6 is 11.8 Å². The number of carboxylic acid groups (broad SMARTS) is 1. The highest BCUT2D eigenvalue weighted by Gasteiger charge is 2.43. The van der Waals surface area contributed by atoms with Gasteiger partial charge < -0.3 is 29.0 Å². The molecule has 0 radical (unpaired) electrons. The molecule has 0 aliphatic carbocycles. The molecule has 0 aromatic heterocycles. The van der Waals surface area contributed by atoms with E-state index in [0.29, 0.717) is 42.4 Å². The van der Waals surface area contributed by atoms with Crippen molar-refractivity contribution in [1.29, 1.82) is 0 Å². The molecule has 1 aliphatic heterocycles. The van der Waals surface area contributed by atoms with Gasteiger partial charge in [0.25, 0.3) is 0 Å². The molecule has 1 aliphatic rings. The number of methoxy groups -OCH3 is 2. The molecule has 190 valence electrons. The number of amides is 1. The Morgan fingerprint density at radius 1 is 1.26 bits per heavy atom. The minimum atomic E-state index is -1.44. The van der Waals surface area contributed by atoms with Crippen molar-refractivity contribution >= 4 is 29.8 Å². The lowest BCUT2D eigenvalue weighted by Crippen LogP contribution is -2.62. The van der Waals surface area contributed by atoms with Crippen LogP contribution in [-0.2, 0) is 25.5 Å². The first kappa shape index (κ1) is 27.6. The summed E-state index contributed by atoms with van der Waals surface area (Å²) in [6.45, 7) is 5.48. The van der Waals surface area contributed by atoms with Gasteiger partial charge in [0.2, 0.25) is 5.91 Å². The summed E-state index contributed by atoms with van der Waals surface area (Å²) in [5, 5.41) is 12.2. The number of nitrogens with zero attached hydrogens (tertiary/aromatic N) is 1. The molecule has 0 saturated carbocycles. The number of carbonyl (C=O) groups is 3. The van der Waals surface area contributed by atoms with Crippen molar-refractivity contribution in [3.8, 4) is 11.5 Å². The monoisotopic (exact) mass is 498 g/mol. The average molecular weight is 499 g/mol. The van der Waals surface area contributed by atoms with Crippen LogP contribution in [0, 0.1) is 0 Å². The SMILES string of the molecule is CCOC(=O)C(CCc1cc(OC)ccc1OC)N[C@@H](C)C(=O)N1CCSCC1(C)OC(=O)O. The molecule has 10 nitrogen and oxygen atoms in total. The Hall–Kier alpha value is -2.66. The van der Waals surface area contributed by atoms with Crippen LogP contribution in [0.1, 0.15) is 32.8 Å². The fraction of sp³-hybridized carbons (Fsp3) is 0.609. The number of benzene rings is 1. The maximum Gasteiger partial charge on any atom is 0.507 e. The molecule has 1 heterocycles. The number of nitrogens with one attached hydrogen (secondary N) is 1. The second kappa shape index (κ2) is 12.7. The smallest absolute Gasteiger partial charge is 0.497 e. The molecule has 34 heavy (non-hydrogen) atoms. The van der Waals surface area contributed by atoms with Gasteiger partial charge in [-0.05, 0) is 57.4 Å². The van der Waals surface area contributed by atoms with E-state index in [0.717, 1.165) is 5.56 Å². The lowest BCUT2D eigenvalue weighted by Gasteiger charge is -2.43. The second-order valence-electron chi connectivity index (χ2n) is 7.99. The van der Waals surface area contributed by atoms with Crippen LogP contribution in [0.5, 0.6) is 11.5 Å². The fourth-order valence-electron chi connectivity index (χ4n) is 3.84. The van der Waals surface area contributed by atoms with Gasteiger partial charge in [0.05, 0.1) is 32.6 Å². The Balaban J connectivity index is 2.16. The predicted molar refractivity (Wildman–Crippen MR) is 127 cm³/mol. The van der Waals surface area contributed by atoms with Gasteiger partial charge in [-0.1, -0.05) is 0 Å². The first-order valence-electron chi connectivity index (χ1n) is 11.1. The van der Waals surface area contributed by atoms with Crippen molar-refractivity contribution in [1.82, 2.24) is 10.2 Å². The third-order valence-electron chi connectivity index (χ3n) is 5.56. The number of aryl methyl sites for hydroxylation is 1. The lowest BCUT2D eigenvalue weighted by atomic mass is 10.0. The summed E-state index contributed by atoms with van der Waals surface area (Å²) >= 11 is 1.52. The number of carbonyl (C=O) groups excluding carboxylic acids is 2. The van der Waals surface area contributed by atoms with Gasteiger partial charge in [0.1, 0.15) is 17.5 Å². The minimum Gasteiger partial charge on any atom is -0.497 e. The van der Waals surface area contributed by atoms with E-state index in [1.807, 2.05) is 6.07 Å². The molecule has 0 spiro atoms. The van der Waals surface area contributed by atoms with Crippen molar-refractivity contribution < 1.29 is 38.4 Å². The Morgan fingerprint density at radius 3 is 2.62 bits per heavy atom. The van der Waals surface area contributed by atoms with Gasteiger partial charge in [0, 0.05) is 12.3 Å². The zero-order valence-corrected chi connectivity index (χ0v) is 21.1. The molecule has 2 rings (SSSR count). The number of ether oxygens (including phenoxy) is 4. The first-order valence-corrected chi connectivity index (χ1v) is 12.2. The van der Waals surface area contributed by atoms with Crippen molar-refractivity contribution in [2.45, 2.75) is 51.4 Å². The number of esters is 1. The Morgan fingerprint density at radius 2 is 2.00 bits per heavy atom. The van der Waals surface area contributed by atoms with Gasteiger partial charge in [-0.25, -0.2) is 4.79 Å². The standard InChI is InChI=1S/C23H34N2O8S/c1-6-32-21(27)18(9-7-16-13-17(30-4)8-10-19(16)31-5)24-15(2)20(26)25-11-12-34-14-23(25,3)33-22(28)29/h8,10,13,15,18,24H,6-7,9,11-12,14H2,1-5H3,(H,28,29)/t15-,18?,23?/m0/s1. The predicted octanol–water partition coefficient (Wildman–Crippen LogP) is 2.53. The van der Waals surface area contributed by atoms with Gasteiger partial charge in [-0.2, -0.15) is 11.8 Å². The summed E-state index contributed by atoms with van der Waals surface area (Å²) in [5.41, 5.74) is -0.428. The van der Waals surface area contributed by atoms with E-state index in [1.165, 1.54) is 16.7 Å². The molecule has 2 N–H and O–H groups in total. The number of thioether (sulfide) groups is 1. The molecule has 1 fully saturated rings. The molecule has 1 saturated heterocycles. The fourth-order valence-corrected chi connectivity index (χ4v) is 4.89. The maximum atomic E-state index is 13.3. The van der Waals surface area contributed by atoms with Crippen molar-refractivity contribution in [2.24, 2.45) is 0 Å². The molecule has 1 aromatic carbocycles. The van der Waals surface area contributed by atoms with Crippen LogP contribution in [0.3, 0.4) is 0 Å². The van der Waals surface area contributed by atoms with Crippen molar-refractivity contribution in [2.75, 3.05) is 38.9 Å². The normalized spacial score (nSPS) is 19.6. The number of hydrogen-bond donors (Lipinski definition) is 2. The Kier molecular flexibility index (Phi) is 10.3. The van der Waals surface area contributed by atoms with Gasteiger partial charge in [0.15, 0.2) is 5.72 Å². The van der Waals surface area contributed by atoms with Gasteiger partial charge in [-0.15, -0.1) is 0 Å². The summed E-state index contributed by atoms with van der Waals surface area (Å²) < 4.78 is 21.0. The molecule has 11 heteroatoms. The molecular formula is C23H34N2O8S. The minimum absolute atomic E-state index is 0.204. The highest BCUT2D eigenvalue weighted by molar-refractivity contribution is 7.99. The first-order chi connectivity index (χ1) is 16.1. The third-order valence-corrected chi connectivity index (χ3v) is 6.77. The lowest BCUT2D eigenvalue weighted by molar-refractivity contribution is -0.157. The summed E-state index contributed by atoms with van der Waals surface area (Å²) in [4.78, 5) is 38.6. The van der Waals surface area contributed by atoms with E-state index in [9.17, 15) is 14.4 Å². The average Bonchev–Trinajstić information content (AvgIpc) is 2.80. The van der Waals surface area contributed by atoms with E-state index in [-0.39, 0.29) is 12.5 Å². The molecule has 1 aromatic rings. The maximum absolute atomic E-state index is 13.3.